The zero-order valence-electron chi connectivity index (χ0n) is 11.2. The molecule has 3 nitrogen and oxygen atoms in total. The summed E-state index contributed by atoms with van der Waals surface area (Å²) in [4.78, 5) is 0. The first-order valence-electron chi connectivity index (χ1n) is 6.05. The first-order valence-corrected chi connectivity index (χ1v) is 6.05. The number of aromatic nitrogens is 2. The molecule has 0 aliphatic carbocycles. The number of benzene rings is 1. The van der Waals surface area contributed by atoms with E-state index in [4.69, 9.17) is 0 Å². The lowest BCUT2D eigenvalue weighted by atomic mass is 9.97. The van der Waals surface area contributed by atoms with Crippen molar-refractivity contribution in [2.24, 2.45) is 0 Å². The van der Waals surface area contributed by atoms with Crippen LogP contribution in [0.15, 0.2) is 24.3 Å². The van der Waals surface area contributed by atoms with Crippen molar-refractivity contribution in [2.75, 3.05) is 0 Å². The number of hydrogen-bond donors (Lipinski definition) is 1. The molecule has 0 saturated heterocycles. The Kier molecular flexibility index (Phi) is 3.43. The second-order valence-electron chi connectivity index (χ2n) is 4.77. The summed E-state index contributed by atoms with van der Waals surface area (Å²) in [5.41, 5.74) is 5.72. The van der Waals surface area contributed by atoms with Gasteiger partial charge in [-0.15, -0.1) is 0 Å². The highest BCUT2D eigenvalue weighted by Crippen LogP contribution is 2.25. The summed E-state index contributed by atoms with van der Waals surface area (Å²) in [5.74, 6) is 0. The largest absolute Gasteiger partial charge is 0.384 e. The second-order valence-corrected chi connectivity index (χ2v) is 4.77. The summed E-state index contributed by atoms with van der Waals surface area (Å²) < 4.78 is 0. The fraction of sp³-hybridized carbons (Fsp3) is 0.333. The van der Waals surface area contributed by atoms with Crippen molar-refractivity contribution >= 4 is 0 Å². The highest BCUT2D eigenvalue weighted by molar-refractivity contribution is 5.37. The fourth-order valence-corrected chi connectivity index (χ4v) is 1.96. The lowest BCUT2D eigenvalue weighted by Crippen LogP contribution is -2.06. The standard InChI is InChI=1S/C15H18N2O/c1-9-5-6-13(7-10(9)2)15(18)14-8-11(3)16-17-12(14)4/h5-8,15,18H,1-4H3. The Labute approximate surface area is 108 Å². The van der Waals surface area contributed by atoms with Gasteiger partial charge in [-0.05, 0) is 50.5 Å². The van der Waals surface area contributed by atoms with Gasteiger partial charge in [0.25, 0.3) is 0 Å². The van der Waals surface area contributed by atoms with Gasteiger partial charge in [-0.3, -0.25) is 0 Å². The van der Waals surface area contributed by atoms with Crippen molar-refractivity contribution in [2.45, 2.75) is 33.8 Å². The molecule has 1 aromatic heterocycles. The number of hydrogen-bond acceptors (Lipinski definition) is 3. The van der Waals surface area contributed by atoms with Crippen LogP contribution in [-0.4, -0.2) is 15.3 Å². The molecule has 0 amide bonds. The second kappa shape index (κ2) is 4.86. The molecule has 0 radical (unpaired) electrons. The van der Waals surface area contributed by atoms with Crippen LogP contribution in [0, 0.1) is 27.7 Å². The molecule has 1 N–H and O–H groups in total. The van der Waals surface area contributed by atoms with E-state index in [-0.39, 0.29) is 0 Å². The molecule has 0 fully saturated rings. The molecule has 1 heterocycles. The predicted molar refractivity (Wildman–Crippen MR) is 71.5 cm³/mol. The summed E-state index contributed by atoms with van der Waals surface area (Å²) in [6.07, 6.45) is -0.640. The van der Waals surface area contributed by atoms with Gasteiger partial charge in [0, 0.05) is 5.56 Å². The van der Waals surface area contributed by atoms with Crippen molar-refractivity contribution in [3.8, 4) is 0 Å². The van der Waals surface area contributed by atoms with E-state index in [0.29, 0.717) is 0 Å². The van der Waals surface area contributed by atoms with Gasteiger partial charge in [0.1, 0.15) is 6.10 Å². The minimum absolute atomic E-state index is 0.640. The van der Waals surface area contributed by atoms with E-state index in [1.54, 1.807) is 0 Å². The molecule has 0 aliphatic heterocycles. The number of aliphatic hydroxyl groups is 1. The fourth-order valence-electron chi connectivity index (χ4n) is 1.96. The topological polar surface area (TPSA) is 46.0 Å². The van der Waals surface area contributed by atoms with Gasteiger partial charge >= 0.3 is 0 Å². The van der Waals surface area contributed by atoms with Gasteiger partial charge in [-0.2, -0.15) is 10.2 Å². The van der Waals surface area contributed by atoms with Crippen molar-refractivity contribution in [3.05, 3.63) is 57.9 Å². The monoisotopic (exact) mass is 242 g/mol. The van der Waals surface area contributed by atoms with Crippen molar-refractivity contribution in [1.29, 1.82) is 0 Å². The van der Waals surface area contributed by atoms with Crippen molar-refractivity contribution < 1.29 is 5.11 Å². The van der Waals surface area contributed by atoms with E-state index in [0.717, 1.165) is 22.5 Å². The van der Waals surface area contributed by atoms with E-state index < -0.39 is 6.10 Å². The van der Waals surface area contributed by atoms with Crippen LogP contribution in [0.5, 0.6) is 0 Å². The van der Waals surface area contributed by atoms with Gasteiger partial charge in [-0.25, -0.2) is 0 Å². The van der Waals surface area contributed by atoms with E-state index in [9.17, 15) is 5.11 Å². The Morgan fingerprint density at radius 2 is 1.67 bits per heavy atom. The Hall–Kier alpha value is -1.74. The molecule has 1 atom stereocenters. The third-order valence-electron chi connectivity index (χ3n) is 3.28. The Balaban J connectivity index is 2.44. The molecule has 94 valence electrons. The van der Waals surface area contributed by atoms with Crippen LogP contribution in [0.25, 0.3) is 0 Å². The first-order chi connectivity index (χ1) is 8.49. The Morgan fingerprint density at radius 3 is 2.33 bits per heavy atom. The zero-order valence-corrected chi connectivity index (χ0v) is 11.2. The maximum absolute atomic E-state index is 10.4. The molecule has 0 saturated carbocycles. The maximum atomic E-state index is 10.4. The molecule has 1 unspecified atom stereocenters. The van der Waals surface area contributed by atoms with E-state index in [1.165, 1.54) is 11.1 Å². The van der Waals surface area contributed by atoms with Crippen LogP contribution in [0.3, 0.4) is 0 Å². The number of nitrogens with zero attached hydrogens (tertiary/aromatic N) is 2. The molecule has 3 heteroatoms. The predicted octanol–water partition coefficient (Wildman–Crippen LogP) is 2.79. The third kappa shape index (κ3) is 2.41. The highest BCUT2D eigenvalue weighted by Gasteiger charge is 2.15. The van der Waals surface area contributed by atoms with E-state index in [2.05, 4.69) is 24.0 Å². The highest BCUT2D eigenvalue weighted by atomic mass is 16.3. The summed E-state index contributed by atoms with van der Waals surface area (Å²) >= 11 is 0. The molecular weight excluding hydrogens is 224 g/mol. The maximum Gasteiger partial charge on any atom is 0.106 e. The van der Waals surface area contributed by atoms with Crippen molar-refractivity contribution in [1.82, 2.24) is 10.2 Å². The molecule has 0 bridgehead atoms. The number of aryl methyl sites for hydroxylation is 4. The summed E-state index contributed by atoms with van der Waals surface area (Å²) in [5, 5.41) is 18.5. The SMILES string of the molecule is Cc1cc(C(O)c2ccc(C)c(C)c2)c(C)nn1. The molecule has 2 rings (SSSR count). The molecular formula is C15H18N2O. The average molecular weight is 242 g/mol. The lowest BCUT2D eigenvalue weighted by Gasteiger charge is -2.15. The van der Waals surface area contributed by atoms with Crippen LogP contribution in [0.2, 0.25) is 0 Å². The molecule has 0 spiro atoms. The molecule has 2 aromatic rings. The number of aliphatic hydroxyl groups excluding tert-OH is 1. The molecule has 18 heavy (non-hydrogen) atoms. The van der Waals surface area contributed by atoms with Gasteiger partial charge in [-0.1, -0.05) is 18.2 Å². The van der Waals surface area contributed by atoms with Crippen LogP contribution >= 0.6 is 0 Å². The number of rotatable bonds is 2. The smallest absolute Gasteiger partial charge is 0.106 e. The minimum atomic E-state index is -0.640. The van der Waals surface area contributed by atoms with Crippen LogP contribution in [0.1, 0.15) is 39.7 Å². The van der Waals surface area contributed by atoms with Gasteiger partial charge in [0.15, 0.2) is 0 Å². The first kappa shape index (κ1) is 12.7. The third-order valence-corrected chi connectivity index (χ3v) is 3.28. The summed E-state index contributed by atoms with van der Waals surface area (Å²) in [7, 11) is 0. The van der Waals surface area contributed by atoms with E-state index in [1.807, 2.05) is 38.1 Å². The summed E-state index contributed by atoms with van der Waals surface area (Å²) in [6, 6.07) is 7.91. The minimum Gasteiger partial charge on any atom is -0.384 e. The Bertz CT molecular complexity index is 579. The van der Waals surface area contributed by atoms with Gasteiger partial charge in [0.05, 0.1) is 11.4 Å². The van der Waals surface area contributed by atoms with Crippen LogP contribution in [0.4, 0.5) is 0 Å². The van der Waals surface area contributed by atoms with Crippen molar-refractivity contribution in [3.63, 3.8) is 0 Å². The normalized spacial score (nSPS) is 12.5. The van der Waals surface area contributed by atoms with Crippen LogP contribution < -0.4 is 0 Å². The quantitative estimate of drug-likeness (QED) is 0.880. The lowest BCUT2D eigenvalue weighted by molar-refractivity contribution is 0.218. The summed E-state index contributed by atoms with van der Waals surface area (Å²) in [6.45, 7) is 7.86. The van der Waals surface area contributed by atoms with Gasteiger partial charge < -0.3 is 5.11 Å². The van der Waals surface area contributed by atoms with E-state index >= 15 is 0 Å². The molecule has 1 aromatic carbocycles. The van der Waals surface area contributed by atoms with Gasteiger partial charge in [0.2, 0.25) is 0 Å². The van der Waals surface area contributed by atoms with Crippen LogP contribution in [-0.2, 0) is 0 Å². The average Bonchev–Trinajstić information content (AvgIpc) is 2.35. The zero-order chi connectivity index (χ0) is 13.3. The Morgan fingerprint density at radius 1 is 0.944 bits per heavy atom. The molecule has 0 aliphatic rings.